The number of nitrogens with one attached hydrogen (secondary N) is 1. The third kappa shape index (κ3) is 4.49. The van der Waals surface area contributed by atoms with Gasteiger partial charge in [0.2, 0.25) is 10.0 Å². The third-order valence-corrected chi connectivity index (χ3v) is 4.56. The zero-order chi connectivity index (χ0) is 18.4. The number of nitrogens with zero attached hydrogens (tertiary/aromatic N) is 1. The van der Waals surface area contributed by atoms with E-state index in [1.807, 2.05) is 10.8 Å². The van der Waals surface area contributed by atoms with E-state index in [-0.39, 0.29) is 11.1 Å². The second-order valence-electron chi connectivity index (χ2n) is 5.03. The highest BCUT2D eigenvalue weighted by Gasteiger charge is 2.19. The molecule has 0 saturated heterocycles. The second-order valence-corrected chi connectivity index (χ2v) is 6.75. The fourth-order valence-electron chi connectivity index (χ4n) is 2.17. The van der Waals surface area contributed by atoms with Crippen molar-refractivity contribution in [2.24, 2.45) is 0 Å². The zero-order valence-corrected chi connectivity index (χ0v) is 14.5. The summed E-state index contributed by atoms with van der Waals surface area (Å²) in [4.78, 5) is 12.2. The molecule has 0 unspecified atom stereocenters. The molecule has 0 atom stereocenters. The lowest BCUT2D eigenvalue weighted by Crippen LogP contribution is -2.31. The van der Waals surface area contributed by atoms with Gasteiger partial charge in [-0.25, -0.2) is 13.1 Å². The topological polar surface area (TPSA) is 105 Å². The second kappa shape index (κ2) is 7.68. The molecule has 2 rings (SSSR count). The predicted molar refractivity (Wildman–Crippen MR) is 90.8 cm³/mol. The molecule has 130 valence electrons. The Bertz CT molecular complexity index is 932. The fourth-order valence-corrected chi connectivity index (χ4v) is 3.31. The molecule has 0 spiro atoms. The molecule has 1 N–H and O–H groups in total. The van der Waals surface area contributed by atoms with Gasteiger partial charge in [0.05, 0.1) is 31.6 Å². The maximum atomic E-state index is 12.2. The number of ether oxygens (including phenoxy) is 2. The van der Waals surface area contributed by atoms with Crippen molar-refractivity contribution in [2.45, 2.75) is 5.75 Å². The lowest BCUT2D eigenvalue weighted by molar-refractivity contribution is 0.0981. The Labute approximate surface area is 145 Å². The van der Waals surface area contributed by atoms with Gasteiger partial charge in [0, 0.05) is 5.56 Å². The van der Waals surface area contributed by atoms with Crippen LogP contribution in [0.25, 0.3) is 0 Å². The third-order valence-electron chi connectivity index (χ3n) is 3.38. The smallest absolute Gasteiger partial charge is 0.264 e. The standard InChI is InChI=1S/C17H16N2O5S/c1-23-15-8-7-12(9-16(15)24-2)17(20)19-25(21,22)11-14-6-4-3-5-13(14)10-18/h3-9H,11H2,1-2H3,(H,19,20). The predicted octanol–water partition coefficient (Wildman–Crippen LogP) is 1.84. The van der Waals surface area contributed by atoms with Gasteiger partial charge in [-0.15, -0.1) is 0 Å². The van der Waals surface area contributed by atoms with E-state index >= 15 is 0 Å². The zero-order valence-electron chi connectivity index (χ0n) is 13.6. The Kier molecular flexibility index (Phi) is 5.62. The molecular formula is C17H16N2O5S. The van der Waals surface area contributed by atoms with Crippen molar-refractivity contribution in [3.05, 3.63) is 59.2 Å². The minimum Gasteiger partial charge on any atom is -0.493 e. The number of nitriles is 1. The minimum absolute atomic E-state index is 0.106. The Morgan fingerprint density at radius 1 is 1.12 bits per heavy atom. The molecule has 2 aromatic carbocycles. The SMILES string of the molecule is COc1ccc(C(=O)NS(=O)(=O)Cc2ccccc2C#N)cc1OC. The van der Waals surface area contributed by atoms with Gasteiger partial charge in [-0.2, -0.15) is 5.26 Å². The number of hydrogen-bond donors (Lipinski definition) is 1. The minimum atomic E-state index is -3.97. The van der Waals surface area contributed by atoms with Gasteiger partial charge >= 0.3 is 0 Å². The Balaban J connectivity index is 2.20. The fraction of sp³-hybridized carbons (Fsp3) is 0.176. The Morgan fingerprint density at radius 2 is 1.80 bits per heavy atom. The van der Waals surface area contributed by atoms with E-state index in [0.29, 0.717) is 17.1 Å². The van der Waals surface area contributed by atoms with Gasteiger partial charge in [0.15, 0.2) is 11.5 Å². The van der Waals surface area contributed by atoms with Crippen molar-refractivity contribution in [1.82, 2.24) is 4.72 Å². The highest BCUT2D eigenvalue weighted by atomic mass is 32.2. The number of amides is 1. The van der Waals surface area contributed by atoms with Crippen LogP contribution < -0.4 is 14.2 Å². The van der Waals surface area contributed by atoms with Crippen LogP contribution in [0.1, 0.15) is 21.5 Å². The lowest BCUT2D eigenvalue weighted by Gasteiger charge is -2.11. The quantitative estimate of drug-likeness (QED) is 0.842. The molecule has 0 aliphatic rings. The van der Waals surface area contributed by atoms with Crippen molar-refractivity contribution >= 4 is 15.9 Å². The normalized spacial score (nSPS) is 10.6. The molecule has 7 nitrogen and oxygen atoms in total. The van der Waals surface area contributed by atoms with Crippen LogP contribution in [0, 0.1) is 11.3 Å². The summed E-state index contributed by atoms with van der Waals surface area (Å²) in [6.45, 7) is 0. The molecule has 0 aromatic heterocycles. The summed E-state index contributed by atoms with van der Waals surface area (Å²) in [6, 6.07) is 12.5. The van der Waals surface area contributed by atoms with E-state index in [1.165, 1.54) is 44.6 Å². The average molecular weight is 360 g/mol. The van der Waals surface area contributed by atoms with E-state index in [1.54, 1.807) is 12.1 Å². The van der Waals surface area contributed by atoms with Crippen LogP contribution in [-0.2, 0) is 15.8 Å². The van der Waals surface area contributed by atoms with E-state index in [4.69, 9.17) is 14.7 Å². The van der Waals surface area contributed by atoms with Crippen molar-refractivity contribution in [2.75, 3.05) is 14.2 Å². The number of carbonyl (C=O) groups excluding carboxylic acids is 1. The number of benzene rings is 2. The first-order valence-electron chi connectivity index (χ1n) is 7.15. The van der Waals surface area contributed by atoms with Crippen LogP contribution in [-0.4, -0.2) is 28.5 Å². The van der Waals surface area contributed by atoms with Crippen LogP contribution >= 0.6 is 0 Å². The molecule has 0 aliphatic heterocycles. The number of sulfonamides is 1. The summed E-state index contributed by atoms with van der Waals surface area (Å²) >= 11 is 0. The van der Waals surface area contributed by atoms with Gasteiger partial charge in [0.1, 0.15) is 0 Å². The molecule has 0 aliphatic carbocycles. The number of hydrogen-bond acceptors (Lipinski definition) is 6. The van der Waals surface area contributed by atoms with Crippen molar-refractivity contribution in [3.8, 4) is 17.6 Å². The van der Waals surface area contributed by atoms with Crippen molar-refractivity contribution < 1.29 is 22.7 Å². The van der Waals surface area contributed by atoms with E-state index < -0.39 is 21.7 Å². The molecule has 8 heteroatoms. The van der Waals surface area contributed by atoms with Crippen LogP contribution in [0.3, 0.4) is 0 Å². The van der Waals surface area contributed by atoms with Crippen molar-refractivity contribution in [3.63, 3.8) is 0 Å². The molecule has 1 amide bonds. The van der Waals surface area contributed by atoms with Gasteiger partial charge in [-0.3, -0.25) is 4.79 Å². The largest absolute Gasteiger partial charge is 0.493 e. The lowest BCUT2D eigenvalue weighted by atomic mass is 10.1. The monoisotopic (exact) mass is 360 g/mol. The highest BCUT2D eigenvalue weighted by molar-refractivity contribution is 7.89. The molecular weight excluding hydrogens is 344 g/mol. The average Bonchev–Trinajstić information content (AvgIpc) is 2.60. The van der Waals surface area contributed by atoms with Crippen LogP contribution in [0.4, 0.5) is 0 Å². The first-order chi connectivity index (χ1) is 11.9. The molecule has 2 aromatic rings. The molecule has 0 heterocycles. The first-order valence-corrected chi connectivity index (χ1v) is 8.80. The van der Waals surface area contributed by atoms with E-state index in [0.717, 1.165) is 0 Å². The summed E-state index contributed by atoms with van der Waals surface area (Å²) in [5.41, 5.74) is 0.666. The maximum absolute atomic E-state index is 12.2. The van der Waals surface area contributed by atoms with Crippen LogP contribution in [0.2, 0.25) is 0 Å². The van der Waals surface area contributed by atoms with Gasteiger partial charge in [-0.1, -0.05) is 18.2 Å². The van der Waals surface area contributed by atoms with Crippen molar-refractivity contribution in [1.29, 1.82) is 5.26 Å². The van der Waals surface area contributed by atoms with E-state index in [9.17, 15) is 13.2 Å². The molecule has 25 heavy (non-hydrogen) atoms. The summed E-state index contributed by atoms with van der Waals surface area (Å²) < 4.78 is 36.6. The number of methoxy groups -OCH3 is 2. The summed E-state index contributed by atoms with van der Waals surface area (Å²) in [5.74, 6) is -0.543. The summed E-state index contributed by atoms with van der Waals surface area (Å²) in [6.07, 6.45) is 0. The van der Waals surface area contributed by atoms with E-state index in [2.05, 4.69) is 0 Å². The summed E-state index contributed by atoms with van der Waals surface area (Å²) in [7, 11) is -1.11. The Morgan fingerprint density at radius 3 is 2.44 bits per heavy atom. The van der Waals surface area contributed by atoms with Gasteiger partial charge in [0.25, 0.3) is 5.91 Å². The molecule has 0 bridgehead atoms. The highest BCUT2D eigenvalue weighted by Crippen LogP contribution is 2.27. The molecule has 0 saturated carbocycles. The molecule has 0 radical (unpaired) electrons. The van der Waals surface area contributed by atoms with Gasteiger partial charge < -0.3 is 9.47 Å². The molecule has 0 fully saturated rings. The number of rotatable bonds is 6. The first kappa shape index (κ1) is 18.3. The van der Waals surface area contributed by atoms with Crippen LogP contribution in [0.15, 0.2) is 42.5 Å². The maximum Gasteiger partial charge on any atom is 0.264 e. The number of carbonyl (C=O) groups is 1. The summed E-state index contributed by atoms with van der Waals surface area (Å²) in [5, 5.41) is 9.02. The van der Waals surface area contributed by atoms with Gasteiger partial charge in [-0.05, 0) is 29.8 Å². The Hall–Kier alpha value is -3.05. The van der Waals surface area contributed by atoms with Crippen LogP contribution in [0.5, 0.6) is 11.5 Å².